The summed E-state index contributed by atoms with van der Waals surface area (Å²) in [4.78, 5) is 11.7. The molecule has 0 saturated heterocycles. The zero-order chi connectivity index (χ0) is 17.9. The molecule has 3 nitrogen and oxygen atoms in total. The van der Waals surface area contributed by atoms with Crippen LogP contribution in [0.25, 0.3) is 0 Å². The Bertz CT molecular complexity index is 266. The zero-order valence-electron chi connectivity index (χ0n) is 16.4. The van der Waals surface area contributed by atoms with Gasteiger partial charge in [0.1, 0.15) is 6.10 Å². The number of aliphatic hydroxyl groups excluding tert-OH is 1. The van der Waals surface area contributed by atoms with Gasteiger partial charge in [0.25, 0.3) is 0 Å². The summed E-state index contributed by atoms with van der Waals surface area (Å²) in [6, 6.07) is 0. The number of hydrogen-bond acceptors (Lipinski definition) is 3. The van der Waals surface area contributed by atoms with Gasteiger partial charge in [0.15, 0.2) is 0 Å². The highest BCUT2D eigenvalue weighted by molar-refractivity contribution is 5.69. The first-order valence-corrected chi connectivity index (χ1v) is 10.5. The van der Waals surface area contributed by atoms with Gasteiger partial charge >= 0.3 is 5.97 Å². The number of unbranched alkanes of at least 4 members (excludes halogenated alkanes) is 12. The molecule has 0 aromatic rings. The van der Waals surface area contributed by atoms with E-state index in [4.69, 9.17) is 9.84 Å². The molecule has 0 aliphatic heterocycles. The lowest BCUT2D eigenvalue weighted by Crippen LogP contribution is -2.21. The maximum absolute atomic E-state index is 11.7. The molecule has 0 spiro atoms. The highest BCUT2D eigenvalue weighted by Gasteiger charge is 2.11. The molecule has 0 fully saturated rings. The van der Waals surface area contributed by atoms with E-state index in [1.807, 2.05) is 6.92 Å². The molecule has 0 amide bonds. The van der Waals surface area contributed by atoms with Gasteiger partial charge < -0.3 is 9.84 Å². The second-order valence-electron chi connectivity index (χ2n) is 7.08. The monoisotopic (exact) mass is 342 g/mol. The maximum Gasteiger partial charge on any atom is 0.306 e. The molecular weight excluding hydrogens is 300 g/mol. The molecule has 0 saturated carbocycles. The van der Waals surface area contributed by atoms with E-state index in [2.05, 4.69) is 6.92 Å². The molecule has 1 N–H and O–H groups in total. The van der Waals surface area contributed by atoms with Gasteiger partial charge in [0.2, 0.25) is 0 Å². The van der Waals surface area contributed by atoms with Gasteiger partial charge in [0, 0.05) is 6.42 Å². The maximum atomic E-state index is 11.7. The standard InChI is InChI=1S/C21H42O3/c1-3-5-6-7-8-9-10-11-12-13-14-15-16-18-21(23)24-20(19-22)17-4-2/h20,22H,3-19H2,1-2H3. The highest BCUT2D eigenvalue weighted by atomic mass is 16.5. The van der Waals surface area contributed by atoms with E-state index in [0.29, 0.717) is 6.42 Å². The van der Waals surface area contributed by atoms with Crippen molar-refractivity contribution in [3.8, 4) is 0 Å². The summed E-state index contributed by atoms with van der Waals surface area (Å²) in [7, 11) is 0. The molecule has 0 rings (SSSR count). The third-order valence-corrected chi connectivity index (χ3v) is 4.60. The lowest BCUT2D eigenvalue weighted by atomic mass is 10.0. The molecule has 0 aromatic heterocycles. The molecule has 0 radical (unpaired) electrons. The van der Waals surface area contributed by atoms with Gasteiger partial charge in [-0.2, -0.15) is 0 Å². The molecule has 1 atom stereocenters. The number of ether oxygens (including phenoxy) is 1. The molecule has 144 valence electrons. The number of rotatable bonds is 18. The number of aliphatic hydroxyl groups is 1. The van der Waals surface area contributed by atoms with E-state index >= 15 is 0 Å². The second-order valence-corrected chi connectivity index (χ2v) is 7.08. The van der Waals surface area contributed by atoms with E-state index in [0.717, 1.165) is 25.7 Å². The van der Waals surface area contributed by atoms with Crippen molar-refractivity contribution < 1.29 is 14.6 Å². The summed E-state index contributed by atoms with van der Waals surface area (Å²) in [5.74, 6) is -0.148. The van der Waals surface area contributed by atoms with Crippen LogP contribution in [0.4, 0.5) is 0 Å². The van der Waals surface area contributed by atoms with Crippen LogP contribution in [-0.2, 0) is 9.53 Å². The summed E-state index contributed by atoms with van der Waals surface area (Å²) in [6.07, 6.45) is 18.9. The SMILES string of the molecule is CCCCCCCCCCCCCCCC(=O)OC(CO)CCC. The molecule has 0 heterocycles. The Hall–Kier alpha value is -0.570. The highest BCUT2D eigenvalue weighted by Crippen LogP contribution is 2.13. The van der Waals surface area contributed by atoms with Crippen molar-refractivity contribution in [3.63, 3.8) is 0 Å². The lowest BCUT2D eigenvalue weighted by molar-refractivity contribution is -0.151. The molecule has 0 aliphatic carbocycles. The Labute approximate surface area is 150 Å². The topological polar surface area (TPSA) is 46.5 Å². The van der Waals surface area contributed by atoms with E-state index < -0.39 is 0 Å². The van der Waals surface area contributed by atoms with Crippen molar-refractivity contribution in [1.82, 2.24) is 0 Å². The minimum Gasteiger partial charge on any atom is -0.460 e. The van der Waals surface area contributed by atoms with Gasteiger partial charge in [0.05, 0.1) is 6.61 Å². The zero-order valence-corrected chi connectivity index (χ0v) is 16.4. The second kappa shape index (κ2) is 18.8. The summed E-state index contributed by atoms with van der Waals surface area (Å²) in [6.45, 7) is 4.24. The fourth-order valence-corrected chi connectivity index (χ4v) is 3.04. The molecule has 24 heavy (non-hydrogen) atoms. The molecule has 0 aromatic carbocycles. The molecule has 0 bridgehead atoms. The van der Waals surface area contributed by atoms with E-state index in [1.165, 1.54) is 70.6 Å². The Morgan fingerprint density at radius 2 is 1.21 bits per heavy atom. The van der Waals surface area contributed by atoms with Crippen molar-refractivity contribution in [1.29, 1.82) is 0 Å². The van der Waals surface area contributed by atoms with Crippen LogP contribution in [0, 0.1) is 0 Å². The Morgan fingerprint density at radius 3 is 1.62 bits per heavy atom. The Morgan fingerprint density at radius 1 is 0.750 bits per heavy atom. The van der Waals surface area contributed by atoms with E-state index in [1.54, 1.807) is 0 Å². The van der Waals surface area contributed by atoms with Crippen LogP contribution in [0.3, 0.4) is 0 Å². The van der Waals surface area contributed by atoms with Crippen LogP contribution in [0.15, 0.2) is 0 Å². The average molecular weight is 343 g/mol. The largest absolute Gasteiger partial charge is 0.460 e. The van der Waals surface area contributed by atoms with Crippen LogP contribution >= 0.6 is 0 Å². The fourth-order valence-electron chi connectivity index (χ4n) is 3.04. The first kappa shape index (κ1) is 23.4. The average Bonchev–Trinajstić information content (AvgIpc) is 2.58. The molecule has 1 unspecified atom stereocenters. The number of carbonyl (C=O) groups is 1. The molecular formula is C21H42O3. The molecule has 0 aliphatic rings. The van der Waals surface area contributed by atoms with Crippen LogP contribution in [-0.4, -0.2) is 23.8 Å². The first-order valence-electron chi connectivity index (χ1n) is 10.5. The van der Waals surface area contributed by atoms with Gasteiger partial charge in [-0.15, -0.1) is 0 Å². The Kier molecular flexibility index (Phi) is 18.3. The summed E-state index contributed by atoms with van der Waals surface area (Å²) < 4.78 is 5.26. The smallest absolute Gasteiger partial charge is 0.306 e. The minimum atomic E-state index is -0.301. The van der Waals surface area contributed by atoms with Gasteiger partial charge in [-0.05, 0) is 12.8 Å². The van der Waals surface area contributed by atoms with Crippen molar-refractivity contribution in [2.45, 2.75) is 123 Å². The number of hydrogen-bond donors (Lipinski definition) is 1. The van der Waals surface area contributed by atoms with Crippen molar-refractivity contribution >= 4 is 5.97 Å². The van der Waals surface area contributed by atoms with Crippen LogP contribution in [0.5, 0.6) is 0 Å². The number of carbonyl (C=O) groups excluding carboxylic acids is 1. The summed E-state index contributed by atoms with van der Waals surface area (Å²) >= 11 is 0. The third-order valence-electron chi connectivity index (χ3n) is 4.60. The lowest BCUT2D eigenvalue weighted by Gasteiger charge is -2.14. The summed E-state index contributed by atoms with van der Waals surface area (Å²) in [5.41, 5.74) is 0. The normalized spacial score (nSPS) is 12.3. The van der Waals surface area contributed by atoms with Crippen molar-refractivity contribution in [2.75, 3.05) is 6.61 Å². The van der Waals surface area contributed by atoms with Crippen LogP contribution < -0.4 is 0 Å². The van der Waals surface area contributed by atoms with Crippen LogP contribution in [0.1, 0.15) is 117 Å². The predicted octanol–water partition coefficient (Wildman–Crippen LogP) is 6.17. The van der Waals surface area contributed by atoms with E-state index in [9.17, 15) is 4.79 Å². The number of esters is 1. The van der Waals surface area contributed by atoms with Gasteiger partial charge in [-0.3, -0.25) is 4.79 Å². The van der Waals surface area contributed by atoms with Crippen molar-refractivity contribution in [2.24, 2.45) is 0 Å². The first-order chi connectivity index (χ1) is 11.7. The minimum absolute atomic E-state index is 0.0574. The molecule has 3 heteroatoms. The predicted molar refractivity (Wildman–Crippen MR) is 102 cm³/mol. The van der Waals surface area contributed by atoms with Gasteiger partial charge in [-0.25, -0.2) is 0 Å². The third kappa shape index (κ3) is 16.3. The quantitative estimate of drug-likeness (QED) is 0.239. The van der Waals surface area contributed by atoms with Gasteiger partial charge in [-0.1, -0.05) is 97.3 Å². The van der Waals surface area contributed by atoms with Crippen molar-refractivity contribution in [3.05, 3.63) is 0 Å². The fraction of sp³-hybridized carbons (Fsp3) is 0.952. The van der Waals surface area contributed by atoms with Crippen LogP contribution in [0.2, 0.25) is 0 Å². The Balaban J connectivity index is 3.25. The van der Waals surface area contributed by atoms with E-state index in [-0.39, 0.29) is 18.7 Å². The summed E-state index contributed by atoms with van der Waals surface area (Å²) in [5, 5.41) is 9.11.